The van der Waals surface area contributed by atoms with Crippen molar-refractivity contribution < 1.29 is 19.4 Å². The molecule has 1 N–H and O–H groups in total. The van der Waals surface area contributed by atoms with Gasteiger partial charge in [-0.3, -0.25) is 9.59 Å². The largest absolute Gasteiger partial charge is 0.481 e. The Morgan fingerprint density at radius 3 is 2.59 bits per heavy atom. The summed E-state index contributed by atoms with van der Waals surface area (Å²) in [5, 5.41) is 8.81. The monoisotopic (exact) mass is 240 g/mol. The van der Waals surface area contributed by atoms with Gasteiger partial charge in [-0.25, -0.2) is 0 Å². The van der Waals surface area contributed by atoms with Crippen molar-refractivity contribution in [2.75, 3.05) is 0 Å². The lowest BCUT2D eigenvalue weighted by Crippen LogP contribution is -2.42. The molecule has 0 radical (unpaired) electrons. The van der Waals surface area contributed by atoms with Crippen molar-refractivity contribution in [2.24, 2.45) is 17.8 Å². The van der Waals surface area contributed by atoms with Crippen LogP contribution in [-0.2, 0) is 14.3 Å². The van der Waals surface area contributed by atoms with Gasteiger partial charge in [0.1, 0.15) is 5.60 Å². The van der Waals surface area contributed by atoms with Crippen LogP contribution in [0, 0.1) is 17.8 Å². The highest BCUT2D eigenvalue weighted by molar-refractivity contribution is 5.93. The maximum Gasteiger partial charge on any atom is 0.320 e. The average molecular weight is 240 g/mol. The average Bonchev–Trinajstić information content (AvgIpc) is 2.88. The molecular weight excluding hydrogens is 220 g/mol. The number of carbonyl (C=O) groups is 2. The molecule has 4 unspecified atom stereocenters. The van der Waals surface area contributed by atoms with Gasteiger partial charge < -0.3 is 9.84 Å². The minimum Gasteiger partial charge on any atom is -0.481 e. The van der Waals surface area contributed by atoms with Crippen LogP contribution in [0.15, 0.2) is 0 Å². The van der Waals surface area contributed by atoms with E-state index in [0.29, 0.717) is 11.8 Å². The zero-order valence-electron chi connectivity index (χ0n) is 10.4. The zero-order chi connectivity index (χ0) is 12.6. The van der Waals surface area contributed by atoms with E-state index >= 15 is 0 Å². The first-order valence-electron chi connectivity index (χ1n) is 6.44. The number of fused-ring (bicyclic) bond motifs is 2. The molecule has 4 atom stereocenters. The summed E-state index contributed by atoms with van der Waals surface area (Å²) in [4.78, 5) is 22.5. The van der Waals surface area contributed by atoms with E-state index in [1.54, 1.807) is 0 Å². The number of carbonyl (C=O) groups excluding carboxylic acids is 1. The lowest BCUT2D eigenvalue weighted by atomic mass is 9.82. The van der Waals surface area contributed by atoms with Crippen LogP contribution in [0.3, 0.4) is 0 Å². The summed E-state index contributed by atoms with van der Waals surface area (Å²) in [6, 6.07) is 0. The first-order valence-corrected chi connectivity index (χ1v) is 6.44. The Morgan fingerprint density at radius 1 is 1.47 bits per heavy atom. The van der Waals surface area contributed by atoms with E-state index in [1.807, 2.05) is 6.92 Å². The second-order valence-corrected chi connectivity index (χ2v) is 5.48. The number of hydrogen-bond acceptors (Lipinski definition) is 3. The summed E-state index contributed by atoms with van der Waals surface area (Å²) >= 11 is 0. The smallest absolute Gasteiger partial charge is 0.320 e. The van der Waals surface area contributed by atoms with Gasteiger partial charge in [-0.05, 0) is 50.9 Å². The van der Waals surface area contributed by atoms with Gasteiger partial charge in [0.2, 0.25) is 0 Å². The quantitative estimate of drug-likeness (QED) is 0.604. The number of ether oxygens (including phenoxy) is 1. The molecule has 2 fully saturated rings. The summed E-state index contributed by atoms with van der Waals surface area (Å²) in [5.41, 5.74) is -0.371. The van der Waals surface area contributed by atoms with Crippen LogP contribution in [0.4, 0.5) is 0 Å². The van der Waals surface area contributed by atoms with Gasteiger partial charge in [0.15, 0.2) is 5.92 Å². The molecule has 0 amide bonds. The number of esters is 1. The standard InChI is InChI=1S/C13H20O4/c1-3-13(7-9-4-5-10(13)6-9)17-12(16)8(2)11(14)15/h8-10H,3-7H2,1-2H3,(H,14,15). The van der Waals surface area contributed by atoms with Gasteiger partial charge in [-0.15, -0.1) is 0 Å². The van der Waals surface area contributed by atoms with Gasteiger partial charge in [-0.2, -0.15) is 0 Å². The molecule has 0 spiro atoms. The number of aliphatic carboxylic acids is 1. The van der Waals surface area contributed by atoms with Crippen molar-refractivity contribution in [3.8, 4) is 0 Å². The van der Waals surface area contributed by atoms with E-state index in [2.05, 4.69) is 0 Å². The Balaban J connectivity index is 2.06. The fourth-order valence-corrected chi connectivity index (χ4v) is 3.41. The third-order valence-corrected chi connectivity index (χ3v) is 4.55. The molecule has 2 aliphatic carbocycles. The predicted molar refractivity (Wildman–Crippen MR) is 61.4 cm³/mol. The van der Waals surface area contributed by atoms with Crippen LogP contribution in [0.5, 0.6) is 0 Å². The molecule has 96 valence electrons. The molecule has 0 aromatic rings. The first-order chi connectivity index (χ1) is 7.98. The van der Waals surface area contributed by atoms with E-state index in [4.69, 9.17) is 9.84 Å². The van der Waals surface area contributed by atoms with Gasteiger partial charge >= 0.3 is 11.9 Å². The second-order valence-electron chi connectivity index (χ2n) is 5.48. The molecule has 2 saturated carbocycles. The van der Waals surface area contributed by atoms with Crippen LogP contribution in [-0.4, -0.2) is 22.6 Å². The lowest BCUT2D eigenvalue weighted by molar-refractivity contribution is -0.175. The van der Waals surface area contributed by atoms with E-state index in [-0.39, 0.29) is 5.60 Å². The normalized spacial score (nSPS) is 36.8. The molecule has 0 aliphatic heterocycles. The Kier molecular flexibility index (Phi) is 3.15. The first kappa shape index (κ1) is 12.4. The van der Waals surface area contributed by atoms with Crippen LogP contribution in [0.2, 0.25) is 0 Å². The van der Waals surface area contributed by atoms with Crippen molar-refractivity contribution in [2.45, 2.75) is 51.6 Å². The maximum absolute atomic E-state index is 11.8. The number of carboxylic acids is 1. The number of carboxylic acid groups (broad SMARTS) is 1. The third-order valence-electron chi connectivity index (χ3n) is 4.55. The van der Waals surface area contributed by atoms with E-state index in [0.717, 1.165) is 25.7 Å². The molecule has 0 aromatic heterocycles. The minimum absolute atomic E-state index is 0.371. The van der Waals surface area contributed by atoms with E-state index < -0.39 is 17.9 Å². The molecule has 2 aliphatic rings. The molecule has 17 heavy (non-hydrogen) atoms. The summed E-state index contributed by atoms with van der Waals surface area (Å²) in [5.74, 6) is -1.62. The molecule has 2 rings (SSSR count). The fourth-order valence-electron chi connectivity index (χ4n) is 3.41. The molecule has 4 nitrogen and oxygen atoms in total. The highest BCUT2D eigenvalue weighted by Gasteiger charge is 2.53. The Labute approximate surface area is 101 Å². The van der Waals surface area contributed by atoms with E-state index in [1.165, 1.54) is 13.3 Å². The predicted octanol–water partition coefficient (Wildman–Crippen LogP) is 2.22. The van der Waals surface area contributed by atoms with Gasteiger partial charge in [0.05, 0.1) is 0 Å². The Hall–Kier alpha value is -1.06. The van der Waals surface area contributed by atoms with Crippen LogP contribution in [0.25, 0.3) is 0 Å². The van der Waals surface area contributed by atoms with Crippen molar-refractivity contribution in [1.82, 2.24) is 0 Å². The molecular formula is C13H20O4. The second kappa shape index (κ2) is 4.31. The summed E-state index contributed by atoms with van der Waals surface area (Å²) in [7, 11) is 0. The number of hydrogen-bond donors (Lipinski definition) is 1. The molecule has 4 heteroatoms. The highest BCUT2D eigenvalue weighted by atomic mass is 16.6. The SMILES string of the molecule is CCC1(OC(=O)C(C)C(=O)O)CC2CCC1C2. The van der Waals surface area contributed by atoms with Crippen LogP contribution >= 0.6 is 0 Å². The molecule has 0 aromatic carbocycles. The van der Waals surface area contributed by atoms with Gasteiger partial charge in [-0.1, -0.05) is 6.92 Å². The summed E-state index contributed by atoms with van der Waals surface area (Å²) in [6.45, 7) is 3.42. The fraction of sp³-hybridized carbons (Fsp3) is 0.846. The van der Waals surface area contributed by atoms with Crippen molar-refractivity contribution in [3.05, 3.63) is 0 Å². The zero-order valence-corrected chi connectivity index (χ0v) is 10.4. The van der Waals surface area contributed by atoms with Crippen LogP contribution < -0.4 is 0 Å². The third kappa shape index (κ3) is 2.05. The topological polar surface area (TPSA) is 63.6 Å². The minimum atomic E-state index is -1.11. The number of rotatable bonds is 4. The summed E-state index contributed by atoms with van der Waals surface area (Å²) < 4.78 is 5.59. The molecule has 0 saturated heterocycles. The molecule has 0 heterocycles. The van der Waals surface area contributed by atoms with Crippen molar-refractivity contribution in [1.29, 1.82) is 0 Å². The van der Waals surface area contributed by atoms with Gasteiger partial charge in [0, 0.05) is 0 Å². The lowest BCUT2D eigenvalue weighted by Gasteiger charge is -2.36. The highest BCUT2D eigenvalue weighted by Crippen LogP contribution is 2.54. The molecule has 2 bridgehead atoms. The van der Waals surface area contributed by atoms with Gasteiger partial charge in [0.25, 0.3) is 0 Å². The maximum atomic E-state index is 11.8. The van der Waals surface area contributed by atoms with E-state index in [9.17, 15) is 9.59 Å². The Morgan fingerprint density at radius 2 is 2.18 bits per heavy atom. The van der Waals surface area contributed by atoms with Crippen molar-refractivity contribution in [3.63, 3.8) is 0 Å². The van der Waals surface area contributed by atoms with Crippen molar-refractivity contribution >= 4 is 11.9 Å². The Bertz CT molecular complexity index is 338. The summed E-state index contributed by atoms with van der Waals surface area (Å²) in [6.07, 6.45) is 5.22. The van der Waals surface area contributed by atoms with Crippen LogP contribution in [0.1, 0.15) is 46.0 Å².